The molecule has 1 aromatic carbocycles. The Morgan fingerprint density at radius 1 is 1.29 bits per heavy atom. The van der Waals surface area contributed by atoms with Crippen LogP contribution >= 0.6 is 0 Å². The first-order chi connectivity index (χ1) is 11.3. The van der Waals surface area contributed by atoms with Gasteiger partial charge in [0.2, 0.25) is 0 Å². The van der Waals surface area contributed by atoms with Crippen LogP contribution in [0.1, 0.15) is 32.8 Å². The maximum atomic E-state index is 12.4. The zero-order valence-corrected chi connectivity index (χ0v) is 15.2. The maximum absolute atomic E-state index is 12.4. The van der Waals surface area contributed by atoms with Crippen molar-refractivity contribution in [1.82, 2.24) is 4.31 Å². The van der Waals surface area contributed by atoms with E-state index in [1.54, 1.807) is 6.92 Å². The predicted octanol–water partition coefficient (Wildman–Crippen LogP) is 2.36. The highest BCUT2D eigenvalue weighted by Gasteiger charge is 2.41. The summed E-state index contributed by atoms with van der Waals surface area (Å²) in [5.74, 6) is -0.808. The SMILES string of the molecule is CC(C)CN1C(C(C)C(=O)OCc2ccccc2)CCOS1(=O)=O. The Morgan fingerprint density at radius 3 is 2.58 bits per heavy atom. The minimum absolute atomic E-state index is 0.0951. The van der Waals surface area contributed by atoms with Crippen LogP contribution in [0.4, 0.5) is 0 Å². The average Bonchev–Trinajstić information content (AvgIpc) is 2.54. The van der Waals surface area contributed by atoms with Crippen molar-refractivity contribution >= 4 is 16.3 Å². The number of benzene rings is 1. The molecule has 1 heterocycles. The molecule has 0 N–H and O–H groups in total. The molecular formula is C17H25NO5S. The maximum Gasteiger partial charge on any atom is 0.338 e. The predicted molar refractivity (Wildman–Crippen MR) is 90.2 cm³/mol. The van der Waals surface area contributed by atoms with E-state index < -0.39 is 28.2 Å². The summed E-state index contributed by atoms with van der Waals surface area (Å²) in [4.78, 5) is 12.4. The lowest BCUT2D eigenvalue weighted by Gasteiger charge is -2.37. The summed E-state index contributed by atoms with van der Waals surface area (Å²) in [5.41, 5.74) is 0.900. The number of carbonyl (C=O) groups is 1. The van der Waals surface area contributed by atoms with Gasteiger partial charge in [0.1, 0.15) is 6.61 Å². The number of nitrogens with zero attached hydrogens (tertiary/aromatic N) is 1. The molecule has 2 atom stereocenters. The summed E-state index contributed by atoms with van der Waals surface area (Å²) >= 11 is 0. The molecule has 0 aromatic heterocycles. The number of hydrogen-bond donors (Lipinski definition) is 0. The van der Waals surface area contributed by atoms with Crippen molar-refractivity contribution in [3.8, 4) is 0 Å². The van der Waals surface area contributed by atoms with Crippen molar-refractivity contribution < 1.29 is 22.1 Å². The van der Waals surface area contributed by atoms with E-state index in [0.29, 0.717) is 13.0 Å². The summed E-state index contributed by atoms with van der Waals surface area (Å²) in [7, 11) is -3.79. The van der Waals surface area contributed by atoms with Crippen LogP contribution in [0.25, 0.3) is 0 Å². The molecular weight excluding hydrogens is 330 g/mol. The van der Waals surface area contributed by atoms with E-state index >= 15 is 0 Å². The Bertz CT molecular complexity index is 644. The van der Waals surface area contributed by atoms with Gasteiger partial charge in [-0.25, -0.2) is 0 Å². The van der Waals surface area contributed by atoms with Gasteiger partial charge in [-0.3, -0.25) is 8.98 Å². The van der Waals surface area contributed by atoms with Gasteiger partial charge in [-0.15, -0.1) is 0 Å². The molecule has 1 aliphatic heterocycles. The van der Waals surface area contributed by atoms with E-state index in [1.165, 1.54) is 4.31 Å². The molecule has 1 aliphatic rings. The second-order valence-corrected chi connectivity index (χ2v) is 8.04. The fourth-order valence-corrected chi connectivity index (χ4v) is 4.30. The van der Waals surface area contributed by atoms with Gasteiger partial charge >= 0.3 is 16.3 Å². The smallest absolute Gasteiger partial charge is 0.338 e. The van der Waals surface area contributed by atoms with E-state index in [2.05, 4.69) is 0 Å². The first-order valence-corrected chi connectivity index (χ1v) is 9.54. The summed E-state index contributed by atoms with van der Waals surface area (Å²) in [5, 5.41) is 0. The number of ether oxygens (including phenoxy) is 1. The highest BCUT2D eigenvalue weighted by molar-refractivity contribution is 7.84. The highest BCUT2D eigenvalue weighted by Crippen LogP contribution is 2.26. The molecule has 0 aliphatic carbocycles. The minimum atomic E-state index is -3.79. The average molecular weight is 355 g/mol. The normalized spacial score (nSPS) is 22.2. The van der Waals surface area contributed by atoms with Gasteiger partial charge in [0.25, 0.3) is 0 Å². The molecule has 2 unspecified atom stereocenters. The van der Waals surface area contributed by atoms with E-state index in [9.17, 15) is 13.2 Å². The zero-order chi connectivity index (χ0) is 17.7. The molecule has 1 fully saturated rings. The largest absolute Gasteiger partial charge is 0.461 e. The summed E-state index contributed by atoms with van der Waals surface area (Å²) in [6.07, 6.45) is 0.480. The Morgan fingerprint density at radius 2 is 1.96 bits per heavy atom. The second-order valence-electron chi connectivity index (χ2n) is 6.48. The molecule has 1 saturated heterocycles. The van der Waals surface area contributed by atoms with Gasteiger partial charge in [-0.05, 0) is 17.9 Å². The van der Waals surface area contributed by atoms with Gasteiger partial charge in [0.15, 0.2) is 0 Å². The summed E-state index contributed by atoms with van der Waals surface area (Å²) in [6.45, 7) is 6.18. The van der Waals surface area contributed by atoms with Gasteiger partial charge in [0.05, 0.1) is 12.5 Å². The van der Waals surface area contributed by atoms with Crippen molar-refractivity contribution in [1.29, 1.82) is 0 Å². The van der Waals surface area contributed by atoms with E-state index in [4.69, 9.17) is 8.92 Å². The van der Waals surface area contributed by atoms with Crippen LogP contribution in [-0.4, -0.2) is 37.9 Å². The number of esters is 1. The standard InChI is InChI=1S/C17H25NO5S/c1-13(2)11-18-16(9-10-23-24(18,20)21)14(3)17(19)22-12-15-7-5-4-6-8-15/h4-8,13-14,16H,9-12H2,1-3H3. The number of hydrogen-bond acceptors (Lipinski definition) is 5. The molecule has 0 spiro atoms. The van der Waals surface area contributed by atoms with Crippen molar-refractivity contribution in [3.63, 3.8) is 0 Å². The topological polar surface area (TPSA) is 72.9 Å². The van der Waals surface area contributed by atoms with Crippen molar-refractivity contribution in [2.45, 2.75) is 39.8 Å². The van der Waals surface area contributed by atoms with Gasteiger partial charge in [-0.1, -0.05) is 51.1 Å². The monoisotopic (exact) mass is 355 g/mol. The van der Waals surface area contributed by atoms with Crippen molar-refractivity contribution in [3.05, 3.63) is 35.9 Å². The van der Waals surface area contributed by atoms with Crippen LogP contribution in [0, 0.1) is 11.8 Å². The summed E-state index contributed by atoms with van der Waals surface area (Å²) in [6, 6.07) is 8.97. The third-order valence-corrected chi connectivity index (χ3v) is 5.48. The van der Waals surface area contributed by atoms with E-state index in [0.717, 1.165) is 5.56 Å². The zero-order valence-electron chi connectivity index (χ0n) is 14.3. The van der Waals surface area contributed by atoms with Crippen LogP contribution in [0.3, 0.4) is 0 Å². The Balaban J connectivity index is 2.04. The van der Waals surface area contributed by atoms with Crippen LogP contribution < -0.4 is 0 Å². The third-order valence-electron chi connectivity index (χ3n) is 4.02. The Kier molecular flexibility index (Phi) is 6.37. The lowest BCUT2D eigenvalue weighted by atomic mass is 9.98. The fourth-order valence-electron chi connectivity index (χ4n) is 2.75. The van der Waals surface area contributed by atoms with E-state index in [1.807, 2.05) is 44.2 Å². The first kappa shape index (κ1) is 18.9. The van der Waals surface area contributed by atoms with Crippen molar-refractivity contribution in [2.24, 2.45) is 11.8 Å². The highest BCUT2D eigenvalue weighted by atomic mass is 32.2. The second kappa shape index (κ2) is 8.09. The number of carbonyl (C=O) groups excluding carboxylic acids is 1. The Labute approximate surface area is 144 Å². The van der Waals surface area contributed by atoms with Crippen molar-refractivity contribution in [2.75, 3.05) is 13.2 Å². The quantitative estimate of drug-likeness (QED) is 0.733. The molecule has 134 valence electrons. The molecule has 0 radical (unpaired) electrons. The van der Waals surface area contributed by atoms with Crippen LogP contribution in [0.2, 0.25) is 0 Å². The lowest BCUT2D eigenvalue weighted by molar-refractivity contribution is -0.151. The van der Waals surface area contributed by atoms with Crippen LogP contribution in [-0.2, 0) is 30.6 Å². The van der Waals surface area contributed by atoms with Gasteiger partial charge < -0.3 is 4.74 Å². The number of rotatable bonds is 6. The van der Waals surface area contributed by atoms with Gasteiger partial charge in [-0.2, -0.15) is 12.7 Å². The van der Waals surface area contributed by atoms with Crippen LogP contribution in [0.5, 0.6) is 0 Å². The molecule has 1 aromatic rings. The first-order valence-electron chi connectivity index (χ1n) is 8.18. The minimum Gasteiger partial charge on any atom is -0.461 e. The molecule has 0 bridgehead atoms. The fraction of sp³-hybridized carbons (Fsp3) is 0.588. The molecule has 24 heavy (non-hydrogen) atoms. The van der Waals surface area contributed by atoms with Gasteiger partial charge in [0, 0.05) is 12.6 Å². The Hall–Kier alpha value is -1.44. The molecule has 0 saturated carbocycles. The molecule has 6 nitrogen and oxygen atoms in total. The van der Waals surface area contributed by atoms with E-state index in [-0.39, 0.29) is 19.1 Å². The molecule has 0 amide bonds. The lowest BCUT2D eigenvalue weighted by Crippen LogP contribution is -2.52. The summed E-state index contributed by atoms with van der Waals surface area (Å²) < 4.78 is 36.0. The molecule has 7 heteroatoms. The van der Waals surface area contributed by atoms with Crippen LogP contribution in [0.15, 0.2) is 30.3 Å². The molecule has 2 rings (SSSR count). The third kappa shape index (κ3) is 4.78.